The van der Waals surface area contributed by atoms with Crippen LogP contribution in [-0.2, 0) is 14.8 Å². The molecule has 0 bridgehead atoms. The molecule has 0 aliphatic heterocycles. The van der Waals surface area contributed by atoms with E-state index in [9.17, 15) is 8.42 Å². The van der Waals surface area contributed by atoms with Gasteiger partial charge in [-0.15, -0.1) is 0 Å². The molecule has 0 saturated heterocycles. The van der Waals surface area contributed by atoms with Gasteiger partial charge in [0.2, 0.25) is 10.0 Å². The Morgan fingerprint density at radius 2 is 2.12 bits per heavy atom. The normalized spacial score (nSPS) is 11.5. The standard InChI is InChI=1S/C10H15BrN2O3S/c1-7-5-8(11)10(6-9(7)12)13-17(14,15)4-3-16-2/h5-6,13H,3-4,12H2,1-2H3. The second-order valence-electron chi connectivity index (χ2n) is 3.60. The Labute approximate surface area is 110 Å². The molecular formula is C10H15BrN2O3S. The molecule has 0 radical (unpaired) electrons. The number of halogens is 1. The molecule has 0 saturated carbocycles. The summed E-state index contributed by atoms with van der Waals surface area (Å²) in [5.74, 6) is -0.0935. The molecular weight excluding hydrogens is 308 g/mol. The van der Waals surface area contributed by atoms with E-state index in [1.54, 1.807) is 12.1 Å². The van der Waals surface area contributed by atoms with Crippen molar-refractivity contribution >= 4 is 37.3 Å². The lowest BCUT2D eigenvalue weighted by Crippen LogP contribution is -2.20. The van der Waals surface area contributed by atoms with Crippen molar-refractivity contribution in [1.82, 2.24) is 0 Å². The van der Waals surface area contributed by atoms with Crippen LogP contribution in [0.4, 0.5) is 11.4 Å². The first-order chi connectivity index (χ1) is 7.85. The number of hydrogen-bond acceptors (Lipinski definition) is 4. The van der Waals surface area contributed by atoms with Gasteiger partial charge in [0.05, 0.1) is 18.0 Å². The van der Waals surface area contributed by atoms with E-state index in [1.807, 2.05) is 6.92 Å². The summed E-state index contributed by atoms with van der Waals surface area (Å²) in [5, 5.41) is 0. The van der Waals surface area contributed by atoms with E-state index in [0.717, 1.165) is 5.56 Å². The highest BCUT2D eigenvalue weighted by atomic mass is 79.9. The summed E-state index contributed by atoms with van der Waals surface area (Å²) in [6.45, 7) is 2.00. The highest BCUT2D eigenvalue weighted by Gasteiger charge is 2.13. The van der Waals surface area contributed by atoms with E-state index in [4.69, 9.17) is 10.5 Å². The van der Waals surface area contributed by atoms with Crippen molar-refractivity contribution in [2.45, 2.75) is 6.92 Å². The molecule has 0 fully saturated rings. The minimum Gasteiger partial charge on any atom is -0.398 e. The van der Waals surface area contributed by atoms with Crippen molar-refractivity contribution in [3.63, 3.8) is 0 Å². The van der Waals surface area contributed by atoms with Crippen molar-refractivity contribution in [2.75, 3.05) is 29.9 Å². The first-order valence-corrected chi connectivity index (χ1v) is 7.35. The second kappa shape index (κ2) is 5.70. The summed E-state index contributed by atoms with van der Waals surface area (Å²) in [7, 11) is -1.96. The summed E-state index contributed by atoms with van der Waals surface area (Å²) < 4.78 is 31.2. The number of nitrogen functional groups attached to an aromatic ring is 1. The average molecular weight is 323 g/mol. The zero-order valence-electron chi connectivity index (χ0n) is 9.66. The van der Waals surface area contributed by atoms with Gasteiger partial charge in [-0.25, -0.2) is 8.42 Å². The van der Waals surface area contributed by atoms with Crippen molar-refractivity contribution in [2.24, 2.45) is 0 Å². The molecule has 1 aromatic carbocycles. The molecule has 1 aromatic rings. The van der Waals surface area contributed by atoms with Crippen LogP contribution in [0.3, 0.4) is 0 Å². The fourth-order valence-electron chi connectivity index (χ4n) is 1.18. The van der Waals surface area contributed by atoms with Gasteiger partial charge in [-0.2, -0.15) is 0 Å². The molecule has 0 aliphatic carbocycles. The van der Waals surface area contributed by atoms with Crippen LogP contribution < -0.4 is 10.5 Å². The van der Waals surface area contributed by atoms with Gasteiger partial charge in [0.25, 0.3) is 0 Å². The number of sulfonamides is 1. The Balaban J connectivity index is 2.92. The number of anilines is 2. The molecule has 3 N–H and O–H groups in total. The van der Waals surface area contributed by atoms with Gasteiger partial charge in [-0.1, -0.05) is 0 Å². The number of methoxy groups -OCH3 is 1. The van der Waals surface area contributed by atoms with Crippen LogP contribution in [0.25, 0.3) is 0 Å². The summed E-state index contributed by atoms with van der Waals surface area (Å²) >= 11 is 3.29. The average Bonchev–Trinajstić information content (AvgIpc) is 2.23. The Morgan fingerprint density at radius 1 is 1.47 bits per heavy atom. The Bertz CT molecular complexity index is 503. The minimum absolute atomic E-state index is 0.0935. The molecule has 1 rings (SSSR count). The molecule has 0 heterocycles. The lowest BCUT2D eigenvalue weighted by atomic mass is 10.2. The monoisotopic (exact) mass is 322 g/mol. The quantitative estimate of drug-likeness (QED) is 0.809. The summed E-state index contributed by atoms with van der Waals surface area (Å²) in [5.41, 5.74) is 7.59. The van der Waals surface area contributed by atoms with Crippen LogP contribution in [0.2, 0.25) is 0 Å². The van der Waals surface area contributed by atoms with Gasteiger partial charge in [0, 0.05) is 17.3 Å². The Kier molecular flexibility index (Phi) is 4.79. The van der Waals surface area contributed by atoms with Crippen LogP contribution >= 0.6 is 15.9 Å². The maximum absolute atomic E-state index is 11.7. The second-order valence-corrected chi connectivity index (χ2v) is 6.30. The lowest BCUT2D eigenvalue weighted by Gasteiger charge is -2.11. The fraction of sp³-hybridized carbons (Fsp3) is 0.400. The zero-order valence-corrected chi connectivity index (χ0v) is 12.1. The van der Waals surface area contributed by atoms with E-state index in [0.29, 0.717) is 15.8 Å². The molecule has 0 aliphatic rings. The molecule has 96 valence electrons. The molecule has 0 spiro atoms. The Morgan fingerprint density at radius 3 is 2.71 bits per heavy atom. The number of hydrogen-bond donors (Lipinski definition) is 2. The van der Waals surface area contributed by atoms with Gasteiger partial charge in [0.1, 0.15) is 0 Å². The van der Waals surface area contributed by atoms with E-state index in [2.05, 4.69) is 20.7 Å². The summed E-state index contributed by atoms with van der Waals surface area (Å²) in [4.78, 5) is 0. The number of aryl methyl sites for hydroxylation is 1. The minimum atomic E-state index is -3.41. The molecule has 0 atom stereocenters. The molecule has 0 amide bonds. The Hall–Kier alpha value is -0.790. The number of rotatable bonds is 5. The highest BCUT2D eigenvalue weighted by molar-refractivity contribution is 9.10. The molecule has 5 nitrogen and oxygen atoms in total. The van der Waals surface area contributed by atoms with Crippen molar-refractivity contribution in [3.05, 3.63) is 22.2 Å². The fourth-order valence-corrected chi connectivity index (χ4v) is 2.86. The van der Waals surface area contributed by atoms with Crippen molar-refractivity contribution in [3.8, 4) is 0 Å². The number of benzene rings is 1. The largest absolute Gasteiger partial charge is 0.398 e. The van der Waals surface area contributed by atoms with E-state index >= 15 is 0 Å². The van der Waals surface area contributed by atoms with Gasteiger partial charge >= 0.3 is 0 Å². The maximum Gasteiger partial charge on any atom is 0.235 e. The molecule has 0 aromatic heterocycles. The van der Waals surface area contributed by atoms with Crippen LogP contribution in [0.5, 0.6) is 0 Å². The third kappa shape index (κ3) is 4.18. The SMILES string of the molecule is COCCS(=O)(=O)Nc1cc(N)c(C)cc1Br. The zero-order chi connectivity index (χ0) is 13.1. The van der Waals surface area contributed by atoms with Crippen molar-refractivity contribution in [1.29, 1.82) is 0 Å². The number of nitrogens with one attached hydrogen (secondary N) is 1. The molecule has 17 heavy (non-hydrogen) atoms. The van der Waals surface area contributed by atoms with Gasteiger partial charge in [-0.3, -0.25) is 4.72 Å². The smallest absolute Gasteiger partial charge is 0.235 e. The molecule has 7 heteroatoms. The summed E-state index contributed by atoms with van der Waals surface area (Å²) in [6, 6.07) is 3.35. The third-order valence-corrected chi connectivity index (χ3v) is 4.07. The van der Waals surface area contributed by atoms with E-state index in [-0.39, 0.29) is 12.4 Å². The summed E-state index contributed by atoms with van der Waals surface area (Å²) in [6.07, 6.45) is 0. The predicted molar refractivity (Wildman–Crippen MR) is 72.6 cm³/mol. The first-order valence-electron chi connectivity index (χ1n) is 4.91. The number of nitrogens with two attached hydrogens (primary N) is 1. The first kappa shape index (κ1) is 14.3. The predicted octanol–water partition coefficient (Wildman–Crippen LogP) is 1.73. The van der Waals surface area contributed by atoms with Gasteiger partial charge in [-0.05, 0) is 40.5 Å². The van der Waals surface area contributed by atoms with E-state index in [1.165, 1.54) is 7.11 Å². The lowest BCUT2D eigenvalue weighted by molar-refractivity contribution is 0.217. The van der Waals surface area contributed by atoms with E-state index < -0.39 is 10.0 Å². The van der Waals surface area contributed by atoms with Crippen LogP contribution in [-0.4, -0.2) is 27.9 Å². The highest BCUT2D eigenvalue weighted by Crippen LogP contribution is 2.28. The van der Waals surface area contributed by atoms with Gasteiger partial charge < -0.3 is 10.5 Å². The van der Waals surface area contributed by atoms with Crippen LogP contribution in [0, 0.1) is 6.92 Å². The van der Waals surface area contributed by atoms with Crippen LogP contribution in [0.15, 0.2) is 16.6 Å². The van der Waals surface area contributed by atoms with Crippen molar-refractivity contribution < 1.29 is 13.2 Å². The number of ether oxygens (including phenoxy) is 1. The maximum atomic E-state index is 11.7. The van der Waals surface area contributed by atoms with Gasteiger partial charge in [0.15, 0.2) is 0 Å². The third-order valence-electron chi connectivity index (χ3n) is 2.18. The molecule has 0 unspecified atom stereocenters. The van der Waals surface area contributed by atoms with Crippen LogP contribution in [0.1, 0.15) is 5.56 Å². The topological polar surface area (TPSA) is 81.4 Å².